The lowest BCUT2D eigenvalue weighted by Gasteiger charge is -2.08. The molecule has 1 aromatic carbocycles. The van der Waals surface area contributed by atoms with Crippen molar-refractivity contribution in [1.29, 1.82) is 0 Å². The van der Waals surface area contributed by atoms with Crippen molar-refractivity contribution < 1.29 is 9.47 Å². The van der Waals surface area contributed by atoms with Crippen LogP contribution in [0.25, 0.3) is 11.3 Å². The summed E-state index contributed by atoms with van der Waals surface area (Å²) < 4.78 is 11.7. The van der Waals surface area contributed by atoms with Crippen LogP contribution >= 0.6 is 0 Å². The third-order valence-corrected chi connectivity index (χ3v) is 6.80. The summed E-state index contributed by atoms with van der Waals surface area (Å²) >= 11 is 0. The molecule has 0 N–H and O–H groups in total. The summed E-state index contributed by atoms with van der Waals surface area (Å²) in [4.78, 5) is 0. The van der Waals surface area contributed by atoms with Crippen molar-refractivity contribution in [3.63, 3.8) is 0 Å². The fourth-order valence-corrected chi connectivity index (χ4v) is 4.47. The molecule has 0 bridgehead atoms. The third kappa shape index (κ3) is 14.5. The first-order valence-electron chi connectivity index (χ1n) is 15.0. The van der Waals surface area contributed by atoms with Crippen LogP contribution in [0.5, 0.6) is 11.6 Å². The molecule has 1 heterocycles. The van der Waals surface area contributed by atoms with E-state index in [1.54, 1.807) is 0 Å². The lowest BCUT2D eigenvalue weighted by Crippen LogP contribution is -2.00. The Morgan fingerprint density at radius 1 is 0.472 bits per heavy atom. The summed E-state index contributed by atoms with van der Waals surface area (Å²) in [5, 5.41) is 8.61. The second kappa shape index (κ2) is 21.0. The predicted octanol–water partition coefficient (Wildman–Crippen LogP) is 9.96. The molecule has 1 aromatic heterocycles. The van der Waals surface area contributed by atoms with E-state index in [4.69, 9.17) is 9.47 Å². The molecule has 202 valence electrons. The molecule has 0 aliphatic heterocycles. The fraction of sp³-hybridized carbons (Fsp3) is 0.688. The van der Waals surface area contributed by atoms with E-state index in [9.17, 15) is 0 Å². The number of hydrogen-bond donors (Lipinski definition) is 0. The largest absolute Gasteiger partial charge is 0.494 e. The molecular weight excluding hydrogens is 444 g/mol. The van der Waals surface area contributed by atoms with Gasteiger partial charge in [0, 0.05) is 11.6 Å². The Hall–Kier alpha value is -2.10. The van der Waals surface area contributed by atoms with Crippen LogP contribution < -0.4 is 9.47 Å². The second-order valence-electron chi connectivity index (χ2n) is 10.1. The average molecular weight is 497 g/mol. The van der Waals surface area contributed by atoms with E-state index in [0.717, 1.165) is 43.1 Å². The van der Waals surface area contributed by atoms with Crippen LogP contribution in [0.3, 0.4) is 0 Å². The summed E-state index contributed by atoms with van der Waals surface area (Å²) in [6.45, 7) is 6.05. The molecule has 0 atom stereocenters. The van der Waals surface area contributed by atoms with Crippen molar-refractivity contribution in [2.45, 2.75) is 129 Å². The molecule has 4 nitrogen and oxygen atoms in total. The van der Waals surface area contributed by atoms with Gasteiger partial charge in [-0.15, -0.1) is 10.2 Å². The standard InChI is InChI=1S/C32H52N2O2/c1-3-5-7-9-11-13-14-16-18-20-28-36-32-26-25-31(33-34-32)29-21-23-30(24-22-29)35-27-19-17-15-12-10-8-6-4-2/h21-26H,3-20,27-28H2,1-2H3. The van der Waals surface area contributed by atoms with Crippen molar-refractivity contribution in [1.82, 2.24) is 10.2 Å². The Morgan fingerprint density at radius 2 is 0.944 bits per heavy atom. The maximum Gasteiger partial charge on any atom is 0.233 e. The van der Waals surface area contributed by atoms with Crippen molar-refractivity contribution >= 4 is 0 Å². The van der Waals surface area contributed by atoms with Gasteiger partial charge in [-0.3, -0.25) is 0 Å². The van der Waals surface area contributed by atoms with Crippen LogP contribution in [0.4, 0.5) is 0 Å². The summed E-state index contributed by atoms with van der Waals surface area (Å²) in [5.41, 5.74) is 1.90. The summed E-state index contributed by atoms with van der Waals surface area (Å²) in [5.74, 6) is 1.53. The van der Waals surface area contributed by atoms with Gasteiger partial charge in [0.1, 0.15) is 5.75 Å². The van der Waals surface area contributed by atoms with Crippen LogP contribution in [0.2, 0.25) is 0 Å². The van der Waals surface area contributed by atoms with Crippen molar-refractivity contribution in [2.24, 2.45) is 0 Å². The highest BCUT2D eigenvalue weighted by Gasteiger charge is 2.03. The van der Waals surface area contributed by atoms with Gasteiger partial charge in [-0.1, -0.05) is 117 Å². The molecule has 0 aliphatic rings. The molecule has 0 unspecified atom stereocenters. The number of aromatic nitrogens is 2. The van der Waals surface area contributed by atoms with Gasteiger partial charge >= 0.3 is 0 Å². The topological polar surface area (TPSA) is 44.2 Å². The molecule has 0 radical (unpaired) electrons. The van der Waals surface area contributed by atoms with E-state index in [1.807, 2.05) is 24.3 Å². The van der Waals surface area contributed by atoms with Gasteiger partial charge in [-0.25, -0.2) is 0 Å². The van der Waals surface area contributed by atoms with Gasteiger partial charge in [0.05, 0.1) is 18.9 Å². The Bertz CT molecular complexity index is 746. The van der Waals surface area contributed by atoms with E-state index in [1.165, 1.54) is 103 Å². The Balaban J connectivity index is 1.53. The minimum Gasteiger partial charge on any atom is -0.494 e. The monoisotopic (exact) mass is 496 g/mol. The fourth-order valence-electron chi connectivity index (χ4n) is 4.47. The summed E-state index contributed by atoms with van der Waals surface area (Å²) in [6, 6.07) is 12.1. The van der Waals surface area contributed by atoms with E-state index in [0.29, 0.717) is 5.88 Å². The van der Waals surface area contributed by atoms with Gasteiger partial charge < -0.3 is 9.47 Å². The number of nitrogens with zero attached hydrogens (tertiary/aromatic N) is 2. The number of rotatable bonds is 23. The molecule has 0 amide bonds. The predicted molar refractivity (Wildman–Crippen MR) is 153 cm³/mol. The molecule has 2 aromatic rings. The molecular formula is C32H52N2O2. The first kappa shape index (κ1) is 30.1. The van der Waals surface area contributed by atoms with E-state index in [2.05, 4.69) is 36.2 Å². The van der Waals surface area contributed by atoms with Crippen LogP contribution in [-0.4, -0.2) is 23.4 Å². The highest BCUT2D eigenvalue weighted by atomic mass is 16.5. The normalized spacial score (nSPS) is 11.1. The Labute approximate surface area is 221 Å². The molecule has 2 rings (SSSR count). The highest BCUT2D eigenvalue weighted by Crippen LogP contribution is 2.22. The van der Waals surface area contributed by atoms with Gasteiger partial charge in [0.25, 0.3) is 0 Å². The van der Waals surface area contributed by atoms with Gasteiger partial charge in [-0.05, 0) is 43.2 Å². The van der Waals surface area contributed by atoms with Crippen LogP contribution in [0.1, 0.15) is 129 Å². The molecule has 0 saturated heterocycles. The summed E-state index contributed by atoms with van der Waals surface area (Å²) in [7, 11) is 0. The minimum atomic E-state index is 0.611. The second-order valence-corrected chi connectivity index (χ2v) is 10.1. The van der Waals surface area contributed by atoms with Crippen LogP contribution in [0.15, 0.2) is 36.4 Å². The Kier molecular flexibility index (Phi) is 17.6. The zero-order valence-corrected chi connectivity index (χ0v) is 23.3. The summed E-state index contributed by atoms with van der Waals surface area (Å²) in [6.07, 6.45) is 23.8. The molecule has 0 fully saturated rings. The zero-order valence-electron chi connectivity index (χ0n) is 23.3. The van der Waals surface area contributed by atoms with Crippen molar-refractivity contribution in [3.8, 4) is 22.9 Å². The lowest BCUT2D eigenvalue weighted by atomic mass is 10.1. The molecule has 4 heteroatoms. The minimum absolute atomic E-state index is 0.611. The quantitative estimate of drug-likeness (QED) is 0.144. The molecule has 0 spiro atoms. The SMILES string of the molecule is CCCCCCCCCCCCOc1ccc(-c2ccc(OCCCCCCCCCC)cc2)nn1. The number of hydrogen-bond acceptors (Lipinski definition) is 4. The van der Waals surface area contributed by atoms with Gasteiger partial charge in [0.2, 0.25) is 5.88 Å². The maximum absolute atomic E-state index is 5.91. The van der Waals surface area contributed by atoms with Crippen LogP contribution in [0, 0.1) is 0 Å². The molecule has 0 saturated carbocycles. The van der Waals surface area contributed by atoms with E-state index in [-0.39, 0.29) is 0 Å². The number of unbranched alkanes of at least 4 members (excludes halogenated alkanes) is 16. The zero-order chi connectivity index (χ0) is 25.5. The van der Waals surface area contributed by atoms with E-state index < -0.39 is 0 Å². The van der Waals surface area contributed by atoms with E-state index >= 15 is 0 Å². The molecule has 0 aliphatic carbocycles. The first-order valence-corrected chi connectivity index (χ1v) is 15.0. The average Bonchev–Trinajstić information content (AvgIpc) is 2.91. The lowest BCUT2D eigenvalue weighted by molar-refractivity contribution is 0.290. The Morgan fingerprint density at radius 3 is 1.42 bits per heavy atom. The maximum atomic E-state index is 5.91. The van der Waals surface area contributed by atoms with Gasteiger partial charge in [0.15, 0.2) is 0 Å². The number of benzene rings is 1. The first-order chi connectivity index (χ1) is 17.8. The van der Waals surface area contributed by atoms with Gasteiger partial charge in [-0.2, -0.15) is 0 Å². The van der Waals surface area contributed by atoms with Crippen molar-refractivity contribution in [2.75, 3.05) is 13.2 Å². The highest BCUT2D eigenvalue weighted by molar-refractivity contribution is 5.59. The number of ether oxygens (including phenoxy) is 2. The smallest absolute Gasteiger partial charge is 0.233 e. The molecule has 36 heavy (non-hydrogen) atoms. The van der Waals surface area contributed by atoms with Crippen molar-refractivity contribution in [3.05, 3.63) is 36.4 Å². The van der Waals surface area contributed by atoms with Crippen LogP contribution in [-0.2, 0) is 0 Å². The third-order valence-electron chi connectivity index (χ3n) is 6.80.